The third-order valence-corrected chi connectivity index (χ3v) is 5.62. The lowest BCUT2D eigenvalue weighted by molar-refractivity contribution is -0.147. The van der Waals surface area contributed by atoms with E-state index in [2.05, 4.69) is 0 Å². The third kappa shape index (κ3) is 2.45. The first-order chi connectivity index (χ1) is 8.64. The minimum Gasteiger partial charge on any atom is -0.301 e. The molecule has 2 aliphatic heterocycles. The molecule has 19 heavy (non-hydrogen) atoms. The van der Waals surface area contributed by atoms with Crippen LogP contribution in [0.15, 0.2) is 12.3 Å². The van der Waals surface area contributed by atoms with E-state index in [-0.39, 0.29) is 23.9 Å². The summed E-state index contributed by atoms with van der Waals surface area (Å²) >= 11 is 0. The topological polar surface area (TPSA) is 71.5 Å². The smallest absolute Gasteiger partial charge is 0.233 e. The number of β-lactam (4-membered cyclic amide) rings is 1. The van der Waals surface area contributed by atoms with Crippen LogP contribution in [0.2, 0.25) is 0 Å². The lowest BCUT2D eigenvalue weighted by atomic mass is 9.84. The molecule has 1 saturated heterocycles. The van der Waals surface area contributed by atoms with Gasteiger partial charge < -0.3 is 4.90 Å². The van der Waals surface area contributed by atoms with E-state index in [9.17, 15) is 18.0 Å². The molecule has 106 valence electrons. The molecule has 2 atom stereocenters. The molecule has 2 heterocycles. The van der Waals surface area contributed by atoms with Crippen LogP contribution in [0.4, 0.5) is 0 Å². The summed E-state index contributed by atoms with van der Waals surface area (Å²) in [6.07, 6.45) is 3.60. The molecule has 0 aromatic heterocycles. The fraction of sp³-hybridized carbons (Fsp3) is 0.692. The zero-order chi connectivity index (χ0) is 14.4. The predicted molar refractivity (Wildman–Crippen MR) is 70.7 cm³/mol. The van der Waals surface area contributed by atoms with E-state index >= 15 is 0 Å². The maximum absolute atomic E-state index is 11.9. The number of amides is 1. The number of carbonyl (C=O) groups is 2. The lowest BCUT2D eigenvalue weighted by Crippen LogP contribution is -2.63. The maximum Gasteiger partial charge on any atom is 0.233 e. The number of carbonyl (C=O) groups excluding carboxylic acids is 2. The molecule has 0 radical (unpaired) electrons. The average Bonchev–Trinajstić information content (AvgIpc) is 2.27. The number of hydrogen-bond donors (Lipinski definition) is 0. The van der Waals surface area contributed by atoms with Gasteiger partial charge in [0, 0.05) is 18.0 Å². The van der Waals surface area contributed by atoms with Gasteiger partial charge in [-0.15, -0.1) is 0 Å². The Morgan fingerprint density at radius 2 is 2.05 bits per heavy atom. The lowest BCUT2D eigenvalue weighted by Gasteiger charge is -2.46. The van der Waals surface area contributed by atoms with Gasteiger partial charge in [-0.3, -0.25) is 9.59 Å². The van der Waals surface area contributed by atoms with Gasteiger partial charge in [0.2, 0.25) is 5.91 Å². The number of sulfone groups is 1. The van der Waals surface area contributed by atoms with Crippen molar-refractivity contribution in [3.63, 3.8) is 0 Å². The van der Waals surface area contributed by atoms with Crippen molar-refractivity contribution in [1.29, 1.82) is 0 Å². The van der Waals surface area contributed by atoms with E-state index in [0.29, 0.717) is 6.42 Å². The summed E-state index contributed by atoms with van der Waals surface area (Å²) in [7, 11) is -3.28. The molecule has 0 bridgehead atoms. The first kappa shape index (κ1) is 14.2. The van der Waals surface area contributed by atoms with E-state index in [4.69, 9.17) is 0 Å². The van der Waals surface area contributed by atoms with Crippen molar-refractivity contribution in [2.45, 2.75) is 39.0 Å². The molecule has 0 N–H and O–H groups in total. The third-order valence-electron chi connectivity index (χ3n) is 3.67. The van der Waals surface area contributed by atoms with Crippen LogP contribution in [0.5, 0.6) is 0 Å². The fourth-order valence-corrected chi connectivity index (χ4v) is 4.27. The van der Waals surface area contributed by atoms with E-state index in [0.717, 1.165) is 0 Å². The number of ketones is 1. The van der Waals surface area contributed by atoms with Crippen LogP contribution in [0.25, 0.3) is 0 Å². The van der Waals surface area contributed by atoms with Crippen molar-refractivity contribution in [2.75, 3.05) is 5.75 Å². The summed E-state index contributed by atoms with van der Waals surface area (Å²) in [4.78, 5) is 25.0. The average molecular weight is 285 g/mol. The van der Waals surface area contributed by atoms with Gasteiger partial charge in [-0.05, 0) is 6.42 Å². The van der Waals surface area contributed by atoms with Crippen LogP contribution in [0, 0.1) is 11.3 Å². The SMILES string of the molecule is CC(C)(C)C(=O)CC[C@H]1C(=O)N2C=CCS(=O)(=O)[C@@H]12. The maximum atomic E-state index is 11.9. The molecule has 0 saturated carbocycles. The van der Waals surface area contributed by atoms with E-state index in [1.807, 2.05) is 20.8 Å². The van der Waals surface area contributed by atoms with Crippen LogP contribution in [-0.4, -0.2) is 36.1 Å². The summed E-state index contributed by atoms with van der Waals surface area (Å²) in [5.41, 5.74) is -0.447. The Balaban J connectivity index is 2.05. The molecule has 2 aliphatic rings. The van der Waals surface area contributed by atoms with Gasteiger partial charge >= 0.3 is 0 Å². The van der Waals surface area contributed by atoms with Crippen molar-refractivity contribution >= 4 is 21.5 Å². The molecule has 1 fully saturated rings. The van der Waals surface area contributed by atoms with E-state index < -0.39 is 26.5 Å². The number of rotatable bonds is 3. The Morgan fingerprint density at radius 3 is 2.63 bits per heavy atom. The van der Waals surface area contributed by atoms with Crippen molar-refractivity contribution in [1.82, 2.24) is 4.90 Å². The van der Waals surface area contributed by atoms with Crippen LogP contribution in [0.3, 0.4) is 0 Å². The van der Waals surface area contributed by atoms with Gasteiger partial charge in [-0.25, -0.2) is 8.42 Å². The Kier molecular flexibility index (Phi) is 3.33. The molecule has 0 unspecified atom stereocenters. The molecule has 2 rings (SSSR count). The molecule has 0 aromatic rings. The molecule has 0 aromatic carbocycles. The van der Waals surface area contributed by atoms with Crippen molar-refractivity contribution in [2.24, 2.45) is 11.3 Å². The number of nitrogens with zero attached hydrogens (tertiary/aromatic N) is 1. The Bertz CT molecular complexity index is 541. The summed E-state index contributed by atoms with van der Waals surface area (Å²) in [6.45, 7) is 5.47. The van der Waals surface area contributed by atoms with Crippen molar-refractivity contribution < 1.29 is 18.0 Å². The Morgan fingerprint density at radius 1 is 1.42 bits per heavy atom. The van der Waals surface area contributed by atoms with Gasteiger partial charge in [0.15, 0.2) is 9.84 Å². The van der Waals surface area contributed by atoms with Gasteiger partial charge in [0.1, 0.15) is 11.2 Å². The van der Waals surface area contributed by atoms with Crippen LogP contribution >= 0.6 is 0 Å². The van der Waals surface area contributed by atoms with Gasteiger partial charge in [-0.1, -0.05) is 26.8 Å². The summed E-state index contributed by atoms with van der Waals surface area (Å²) in [6, 6.07) is 0. The van der Waals surface area contributed by atoms with E-state index in [1.165, 1.54) is 17.2 Å². The highest BCUT2D eigenvalue weighted by atomic mass is 32.2. The zero-order valence-corrected chi connectivity index (χ0v) is 12.2. The Hall–Kier alpha value is -1.17. The van der Waals surface area contributed by atoms with Gasteiger partial charge in [-0.2, -0.15) is 0 Å². The normalized spacial score (nSPS) is 28.8. The molecular formula is C13H19NO4S. The second-order valence-corrected chi connectivity index (χ2v) is 8.31. The zero-order valence-electron chi connectivity index (χ0n) is 11.4. The molecule has 0 spiro atoms. The van der Waals surface area contributed by atoms with Gasteiger partial charge in [0.25, 0.3) is 0 Å². The molecule has 5 nitrogen and oxygen atoms in total. The number of hydrogen-bond acceptors (Lipinski definition) is 4. The summed E-state index contributed by atoms with van der Waals surface area (Å²) in [5, 5.41) is -0.752. The van der Waals surface area contributed by atoms with Gasteiger partial charge in [0.05, 0.1) is 11.7 Å². The second-order valence-electron chi connectivity index (χ2n) is 6.17. The molecule has 1 amide bonds. The van der Waals surface area contributed by atoms with Crippen LogP contribution < -0.4 is 0 Å². The molecule has 0 aliphatic carbocycles. The fourth-order valence-electron chi connectivity index (χ4n) is 2.45. The highest BCUT2D eigenvalue weighted by molar-refractivity contribution is 7.92. The number of Topliss-reactive ketones (excluding diaryl/α,β-unsaturated/α-hetero) is 1. The predicted octanol–water partition coefficient (Wildman–Crippen LogP) is 1.11. The monoisotopic (exact) mass is 285 g/mol. The Labute approximate surface area is 113 Å². The summed E-state index contributed by atoms with van der Waals surface area (Å²) < 4.78 is 23.8. The van der Waals surface area contributed by atoms with Crippen molar-refractivity contribution in [3.05, 3.63) is 12.3 Å². The first-order valence-electron chi connectivity index (χ1n) is 6.38. The minimum atomic E-state index is -3.28. The second kappa shape index (κ2) is 4.44. The minimum absolute atomic E-state index is 0.0227. The summed E-state index contributed by atoms with van der Waals surface area (Å²) in [5.74, 6) is -0.708. The van der Waals surface area contributed by atoms with E-state index in [1.54, 1.807) is 0 Å². The molecule has 6 heteroatoms. The largest absolute Gasteiger partial charge is 0.301 e. The standard InChI is InChI=1S/C13H19NO4S/c1-13(2,3)10(15)6-5-9-11(16)14-7-4-8-19(17,18)12(9)14/h4,7,9,12H,5-6,8H2,1-3H3/t9-,12-/m0/s1. The first-order valence-corrected chi connectivity index (χ1v) is 8.10. The molecular weight excluding hydrogens is 266 g/mol. The highest BCUT2D eigenvalue weighted by Crippen LogP contribution is 2.37. The highest BCUT2D eigenvalue weighted by Gasteiger charge is 2.54. The number of fused-ring (bicyclic) bond motifs is 1. The van der Waals surface area contributed by atoms with Crippen LogP contribution in [-0.2, 0) is 19.4 Å². The quantitative estimate of drug-likeness (QED) is 0.728. The van der Waals surface area contributed by atoms with Crippen molar-refractivity contribution in [3.8, 4) is 0 Å². The van der Waals surface area contributed by atoms with Crippen LogP contribution in [0.1, 0.15) is 33.6 Å².